The molecule has 8 nitrogen and oxygen atoms in total. The van der Waals surface area contributed by atoms with Crippen LogP contribution in [0.15, 0.2) is 41.3 Å². The van der Waals surface area contributed by atoms with E-state index >= 15 is 0 Å². The number of carbonyl (C=O) groups is 2. The third-order valence-corrected chi connectivity index (χ3v) is 6.08. The lowest BCUT2D eigenvalue weighted by atomic mass is 10.2. The van der Waals surface area contributed by atoms with E-state index in [-0.39, 0.29) is 16.6 Å². The van der Waals surface area contributed by atoms with Crippen molar-refractivity contribution in [1.82, 2.24) is 9.62 Å². The summed E-state index contributed by atoms with van der Waals surface area (Å²) in [5.74, 6) is -1.21. The maximum atomic E-state index is 12.6. The molecule has 0 saturated carbocycles. The molecular formula is C18H23N3O5S2. The van der Waals surface area contributed by atoms with Gasteiger partial charge in [0, 0.05) is 30.9 Å². The van der Waals surface area contributed by atoms with E-state index in [0.29, 0.717) is 18.8 Å². The Morgan fingerprint density at radius 3 is 2.39 bits per heavy atom. The highest BCUT2D eigenvalue weighted by Crippen LogP contribution is 2.21. The number of sulfonamides is 1. The van der Waals surface area contributed by atoms with Gasteiger partial charge in [-0.3, -0.25) is 10.1 Å². The minimum atomic E-state index is -3.50. The zero-order valence-electron chi connectivity index (χ0n) is 15.5. The molecule has 1 aliphatic rings. The normalized spacial score (nSPS) is 15.2. The van der Waals surface area contributed by atoms with E-state index < -0.39 is 21.9 Å². The molecule has 0 aromatic heterocycles. The van der Waals surface area contributed by atoms with Gasteiger partial charge in [0.2, 0.25) is 15.9 Å². The molecule has 10 heteroatoms. The minimum Gasteiger partial charge on any atom is -0.463 e. The average molecular weight is 426 g/mol. The van der Waals surface area contributed by atoms with E-state index in [1.807, 2.05) is 0 Å². The van der Waals surface area contributed by atoms with Crippen molar-refractivity contribution >= 4 is 44.9 Å². The number of benzene rings is 1. The number of hydrogen-bond acceptors (Lipinski definition) is 6. The summed E-state index contributed by atoms with van der Waals surface area (Å²) in [6.45, 7) is 2.96. The van der Waals surface area contributed by atoms with E-state index in [2.05, 4.69) is 15.4 Å². The number of hydrogen-bond donors (Lipinski definition) is 2. The maximum absolute atomic E-state index is 12.6. The molecule has 0 radical (unpaired) electrons. The summed E-state index contributed by atoms with van der Waals surface area (Å²) < 4.78 is 31.4. The molecule has 0 spiro atoms. The predicted octanol–water partition coefficient (Wildman–Crippen LogP) is 1.79. The largest absolute Gasteiger partial charge is 0.463 e. The molecule has 1 fully saturated rings. The Morgan fingerprint density at radius 1 is 1.14 bits per heavy atom. The fourth-order valence-electron chi connectivity index (χ4n) is 2.61. The van der Waals surface area contributed by atoms with Gasteiger partial charge >= 0.3 is 5.97 Å². The van der Waals surface area contributed by atoms with E-state index in [1.165, 1.54) is 16.4 Å². The first kappa shape index (κ1) is 22.0. The standard InChI is InChI=1S/C18H23N3O5S2/c1-2-26-17(23)11-10-16(22)20-18(27)19-14-6-8-15(9-7-14)28(24,25)21-12-4-3-5-13-21/h6-11H,2-5,12-13H2,1H3,(H2,19,20,22,27). The molecule has 1 aromatic carbocycles. The van der Waals surface area contributed by atoms with E-state index in [0.717, 1.165) is 31.4 Å². The molecule has 1 saturated heterocycles. The lowest BCUT2D eigenvalue weighted by molar-refractivity contribution is -0.137. The fourth-order valence-corrected chi connectivity index (χ4v) is 4.35. The highest BCUT2D eigenvalue weighted by molar-refractivity contribution is 7.89. The van der Waals surface area contributed by atoms with Gasteiger partial charge in [-0.15, -0.1) is 0 Å². The van der Waals surface area contributed by atoms with Crippen LogP contribution in [-0.2, 0) is 24.3 Å². The summed E-state index contributed by atoms with van der Waals surface area (Å²) in [5, 5.41) is 5.19. The number of rotatable bonds is 6. The Morgan fingerprint density at radius 2 is 1.79 bits per heavy atom. The van der Waals surface area contributed by atoms with Crippen molar-refractivity contribution in [1.29, 1.82) is 0 Å². The van der Waals surface area contributed by atoms with Crippen molar-refractivity contribution in [2.24, 2.45) is 0 Å². The van der Waals surface area contributed by atoms with Crippen molar-refractivity contribution in [2.45, 2.75) is 31.1 Å². The second-order valence-electron chi connectivity index (χ2n) is 6.02. The summed E-state index contributed by atoms with van der Waals surface area (Å²) >= 11 is 5.03. The van der Waals surface area contributed by atoms with Crippen molar-refractivity contribution < 1.29 is 22.7 Å². The number of piperidine rings is 1. The van der Waals surface area contributed by atoms with E-state index in [4.69, 9.17) is 12.2 Å². The Labute approximate surface area is 170 Å². The maximum Gasteiger partial charge on any atom is 0.330 e. The molecule has 2 N–H and O–H groups in total. The molecule has 0 unspecified atom stereocenters. The monoisotopic (exact) mass is 425 g/mol. The van der Waals surface area contributed by atoms with Gasteiger partial charge in [0.05, 0.1) is 11.5 Å². The highest BCUT2D eigenvalue weighted by atomic mass is 32.2. The van der Waals surface area contributed by atoms with Gasteiger partial charge in [-0.2, -0.15) is 4.31 Å². The first-order chi connectivity index (χ1) is 13.3. The van der Waals surface area contributed by atoms with Crippen molar-refractivity contribution in [3.63, 3.8) is 0 Å². The van der Waals surface area contributed by atoms with Gasteiger partial charge in [-0.1, -0.05) is 6.42 Å². The Kier molecular flexibility index (Phi) is 8.09. The Hall–Kier alpha value is -2.30. The summed E-state index contributed by atoms with van der Waals surface area (Å²) in [6.07, 6.45) is 4.81. The van der Waals surface area contributed by atoms with Crippen molar-refractivity contribution in [2.75, 3.05) is 25.0 Å². The molecule has 1 aliphatic heterocycles. The minimum absolute atomic E-state index is 0.0187. The molecule has 1 heterocycles. The molecular weight excluding hydrogens is 402 g/mol. The number of nitrogens with zero attached hydrogens (tertiary/aromatic N) is 1. The second-order valence-corrected chi connectivity index (χ2v) is 8.36. The van der Waals surface area contributed by atoms with Crippen LogP contribution in [0, 0.1) is 0 Å². The van der Waals surface area contributed by atoms with Crippen LogP contribution in [0.1, 0.15) is 26.2 Å². The number of carbonyl (C=O) groups excluding carboxylic acids is 2. The van der Waals surface area contributed by atoms with Gasteiger partial charge in [-0.25, -0.2) is 13.2 Å². The number of nitrogens with one attached hydrogen (secondary N) is 2. The Balaban J connectivity index is 1.92. The molecule has 1 amide bonds. The van der Waals surface area contributed by atoms with Crippen LogP contribution >= 0.6 is 12.2 Å². The lowest BCUT2D eigenvalue weighted by Crippen LogP contribution is -2.35. The fraction of sp³-hybridized carbons (Fsp3) is 0.389. The van der Waals surface area contributed by atoms with Gasteiger partial charge < -0.3 is 10.1 Å². The molecule has 152 valence electrons. The topological polar surface area (TPSA) is 105 Å². The third-order valence-electron chi connectivity index (χ3n) is 3.96. The number of anilines is 1. The number of amides is 1. The van der Waals surface area contributed by atoms with Gasteiger partial charge in [-0.05, 0) is 56.2 Å². The molecule has 0 bridgehead atoms. The summed E-state index contributed by atoms with van der Waals surface area (Å²) in [5.41, 5.74) is 0.525. The van der Waals surface area contributed by atoms with Crippen LogP contribution in [0.5, 0.6) is 0 Å². The third kappa shape index (κ3) is 6.39. The smallest absolute Gasteiger partial charge is 0.330 e. The summed E-state index contributed by atoms with van der Waals surface area (Å²) in [4.78, 5) is 23.1. The van der Waals surface area contributed by atoms with Crippen molar-refractivity contribution in [3.8, 4) is 0 Å². The SMILES string of the molecule is CCOC(=O)C=CC(=O)NC(=S)Nc1ccc(S(=O)(=O)N2CCCCC2)cc1. The van der Waals surface area contributed by atoms with E-state index in [9.17, 15) is 18.0 Å². The molecule has 0 aliphatic carbocycles. The van der Waals surface area contributed by atoms with Crippen LogP contribution in [0.2, 0.25) is 0 Å². The number of ether oxygens (including phenoxy) is 1. The first-order valence-corrected chi connectivity index (χ1v) is 10.7. The Bertz CT molecular complexity index is 844. The number of thiocarbonyl (C=S) groups is 1. The van der Waals surface area contributed by atoms with Crippen LogP contribution in [-0.4, -0.2) is 49.4 Å². The molecule has 1 aromatic rings. The molecule has 2 rings (SSSR count). The van der Waals surface area contributed by atoms with Gasteiger partial charge in [0.1, 0.15) is 0 Å². The summed E-state index contributed by atoms with van der Waals surface area (Å²) in [7, 11) is -3.50. The molecule has 28 heavy (non-hydrogen) atoms. The quantitative estimate of drug-likeness (QED) is 0.407. The van der Waals surface area contributed by atoms with Crippen LogP contribution < -0.4 is 10.6 Å². The van der Waals surface area contributed by atoms with E-state index in [1.54, 1.807) is 19.1 Å². The highest BCUT2D eigenvalue weighted by Gasteiger charge is 2.25. The van der Waals surface area contributed by atoms with Crippen molar-refractivity contribution in [3.05, 3.63) is 36.4 Å². The number of esters is 1. The van der Waals surface area contributed by atoms with Crippen LogP contribution in [0.25, 0.3) is 0 Å². The zero-order valence-corrected chi connectivity index (χ0v) is 17.1. The second kappa shape index (κ2) is 10.3. The first-order valence-electron chi connectivity index (χ1n) is 8.90. The van der Waals surface area contributed by atoms with Crippen LogP contribution in [0.3, 0.4) is 0 Å². The lowest BCUT2D eigenvalue weighted by Gasteiger charge is -2.25. The average Bonchev–Trinajstić information content (AvgIpc) is 2.67. The molecule has 0 atom stereocenters. The summed E-state index contributed by atoms with van der Waals surface area (Å²) in [6, 6.07) is 6.14. The van der Waals surface area contributed by atoms with Gasteiger partial charge in [0.15, 0.2) is 5.11 Å². The predicted molar refractivity (Wildman–Crippen MR) is 109 cm³/mol. The van der Waals surface area contributed by atoms with Crippen LogP contribution in [0.4, 0.5) is 5.69 Å². The zero-order chi connectivity index (χ0) is 20.6. The van der Waals surface area contributed by atoms with Gasteiger partial charge in [0.25, 0.3) is 0 Å².